The van der Waals surface area contributed by atoms with Crippen molar-refractivity contribution in [3.05, 3.63) is 34.9 Å². The summed E-state index contributed by atoms with van der Waals surface area (Å²) in [5.74, 6) is 6.43. The predicted octanol–water partition coefficient (Wildman–Crippen LogP) is 2.72. The van der Waals surface area contributed by atoms with Crippen LogP contribution in [0, 0.1) is 5.92 Å². The van der Waals surface area contributed by atoms with Gasteiger partial charge in [0.05, 0.1) is 0 Å². The zero-order valence-corrected chi connectivity index (χ0v) is 12.1. The number of fused-ring (bicyclic) bond motifs is 2. The number of nitrogens with two attached hydrogens (primary N) is 1. The number of piperidine rings is 1. The average Bonchev–Trinajstić information content (AvgIpc) is 2.63. The summed E-state index contributed by atoms with van der Waals surface area (Å²) in [6, 6.07) is 9.76. The van der Waals surface area contributed by atoms with E-state index in [2.05, 4.69) is 23.4 Å². The first kappa shape index (κ1) is 13.4. The summed E-state index contributed by atoms with van der Waals surface area (Å²) < 4.78 is 0. The van der Waals surface area contributed by atoms with Crippen molar-refractivity contribution in [2.75, 3.05) is 7.05 Å². The third kappa shape index (κ3) is 2.52. The van der Waals surface area contributed by atoms with Crippen LogP contribution in [0.3, 0.4) is 0 Å². The molecule has 1 aromatic carbocycles. The largest absolute Gasteiger partial charge is 0.300 e. The van der Waals surface area contributed by atoms with E-state index in [4.69, 9.17) is 17.4 Å². The van der Waals surface area contributed by atoms with Crippen LogP contribution in [-0.4, -0.2) is 24.0 Å². The van der Waals surface area contributed by atoms with E-state index in [1.165, 1.54) is 31.2 Å². The minimum absolute atomic E-state index is 0.218. The number of rotatable bonds is 3. The van der Waals surface area contributed by atoms with Crippen LogP contribution in [0.5, 0.6) is 0 Å². The molecule has 2 heterocycles. The smallest absolute Gasteiger partial charge is 0.0489 e. The zero-order valence-electron chi connectivity index (χ0n) is 11.3. The lowest BCUT2D eigenvalue weighted by molar-refractivity contribution is 0.112. The number of nitrogens with zero attached hydrogens (tertiary/aromatic N) is 1. The van der Waals surface area contributed by atoms with Gasteiger partial charge in [-0.25, -0.2) is 0 Å². The highest BCUT2D eigenvalue weighted by atomic mass is 35.5. The molecule has 1 aromatic rings. The van der Waals surface area contributed by atoms with Crippen LogP contribution in [-0.2, 0) is 0 Å². The van der Waals surface area contributed by atoms with Crippen molar-refractivity contribution in [1.82, 2.24) is 10.3 Å². The van der Waals surface area contributed by atoms with Crippen LogP contribution in [0.4, 0.5) is 0 Å². The molecule has 3 nitrogen and oxygen atoms in total. The molecule has 3 unspecified atom stereocenters. The molecule has 0 aliphatic carbocycles. The SMILES string of the molecule is CN1C2CCC1CC(C(NN)c1cccc(Cl)c1)C2. The quantitative estimate of drug-likeness (QED) is 0.660. The second kappa shape index (κ2) is 5.41. The molecule has 0 saturated carbocycles. The number of benzene rings is 1. The van der Waals surface area contributed by atoms with E-state index in [1.807, 2.05) is 18.2 Å². The van der Waals surface area contributed by atoms with Gasteiger partial charge in [-0.1, -0.05) is 23.7 Å². The number of hydrazine groups is 1. The van der Waals surface area contributed by atoms with Crippen LogP contribution in [0.25, 0.3) is 0 Å². The van der Waals surface area contributed by atoms with Gasteiger partial charge in [0.2, 0.25) is 0 Å². The van der Waals surface area contributed by atoms with Crippen molar-refractivity contribution >= 4 is 11.6 Å². The summed E-state index contributed by atoms with van der Waals surface area (Å²) in [5, 5.41) is 0.786. The predicted molar refractivity (Wildman–Crippen MR) is 78.8 cm³/mol. The summed E-state index contributed by atoms with van der Waals surface area (Å²) >= 11 is 6.10. The second-order valence-corrected chi connectivity index (χ2v) is 6.42. The summed E-state index contributed by atoms with van der Waals surface area (Å²) in [7, 11) is 2.27. The van der Waals surface area contributed by atoms with Crippen molar-refractivity contribution < 1.29 is 0 Å². The van der Waals surface area contributed by atoms with Crippen LogP contribution in [0.1, 0.15) is 37.3 Å². The highest BCUT2D eigenvalue weighted by Crippen LogP contribution is 2.42. The van der Waals surface area contributed by atoms with E-state index in [9.17, 15) is 0 Å². The van der Waals surface area contributed by atoms with E-state index < -0.39 is 0 Å². The summed E-state index contributed by atoms with van der Waals surface area (Å²) in [5.41, 5.74) is 4.23. The Kier molecular flexibility index (Phi) is 3.81. The van der Waals surface area contributed by atoms with Crippen LogP contribution in [0.15, 0.2) is 24.3 Å². The number of hydrogen-bond acceptors (Lipinski definition) is 3. The maximum absolute atomic E-state index is 6.10. The standard InChI is InChI=1S/C15H22ClN3/c1-19-13-5-6-14(19)9-11(8-13)15(18-17)10-3-2-4-12(16)7-10/h2-4,7,11,13-15,18H,5-6,8-9,17H2,1H3. The van der Waals surface area contributed by atoms with E-state index in [1.54, 1.807) is 0 Å². The third-order valence-corrected chi connectivity index (χ3v) is 5.23. The fraction of sp³-hybridized carbons (Fsp3) is 0.600. The first-order valence-electron chi connectivity index (χ1n) is 7.12. The highest BCUT2D eigenvalue weighted by molar-refractivity contribution is 6.30. The molecule has 0 amide bonds. The molecule has 3 rings (SSSR count). The van der Waals surface area contributed by atoms with Crippen molar-refractivity contribution in [2.45, 2.75) is 43.8 Å². The molecule has 2 fully saturated rings. The molecule has 2 saturated heterocycles. The Morgan fingerprint density at radius 2 is 2.00 bits per heavy atom. The Hall–Kier alpha value is -0.610. The van der Waals surface area contributed by atoms with E-state index in [0.29, 0.717) is 5.92 Å². The Bertz CT molecular complexity index is 437. The van der Waals surface area contributed by atoms with E-state index >= 15 is 0 Å². The van der Waals surface area contributed by atoms with Crippen molar-refractivity contribution in [3.63, 3.8) is 0 Å². The number of hydrogen-bond donors (Lipinski definition) is 2. The Labute approximate surface area is 120 Å². The summed E-state index contributed by atoms with van der Waals surface area (Å²) in [4.78, 5) is 2.56. The topological polar surface area (TPSA) is 41.3 Å². The fourth-order valence-electron chi connectivity index (χ4n) is 3.93. The molecule has 3 atom stereocenters. The molecule has 3 N–H and O–H groups in total. The monoisotopic (exact) mass is 279 g/mol. The van der Waals surface area contributed by atoms with Gasteiger partial charge in [0.25, 0.3) is 0 Å². The lowest BCUT2D eigenvalue weighted by Crippen LogP contribution is -2.45. The van der Waals surface area contributed by atoms with Crippen molar-refractivity contribution in [1.29, 1.82) is 0 Å². The lowest BCUT2D eigenvalue weighted by Gasteiger charge is -2.39. The molecular weight excluding hydrogens is 258 g/mol. The normalized spacial score (nSPS) is 32.5. The van der Waals surface area contributed by atoms with Crippen molar-refractivity contribution in [2.24, 2.45) is 11.8 Å². The molecule has 2 aliphatic heterocycles. The van der Waals surface area contributed by atoms with Gasteiger partial charge < -0.3 is 4.90 Å². The van der Waals surface area contributed by atoms with Gasteiger partial charge in [0.15, 0.2) is 0 Å². The molecule has 0 aromatic heterocycles. The van der Waals surface area contributed by atoms with Gasteiger partial charge in [-0.05, 0) is 56.3 Å². The van der Waals surface area contributed by atoms with E-state index in [0.717, 1.165) is 17.1 Å². The maximum atomic E-state index is 6.10. The van der Waals surface area contributed by atoms with Gasteiger partial charge in [-0.2, -0.15) is 0 Å². The molecule has 0 radical (unpaired) electrons. The van der Waals surface area contributed by atoms with Crippen LogP contribution >= 0.6 is 11.6 Å². The van der Waals surface area contributed by atoms with E-state index in [-0.39, 0.29) is 6.04 Å². The van der Waals surface area contributed by atoms with Gasteiger partial charge in [0.1, 0.15) is 0 Å². The lowest BCUT2D eigenvalue weighted by atomic mass is 9.82. The molecule has 104 valence electrons. The minimum Gasteiger partial charge on any atom is -0.300 e. The van der Waals surface area contributed by atoms with Gasteiger partial charge in [-0.3, -0.25) is 11.3 Å². The number of halogens is 1. The summed E-state index contributed by atoms with van der Waals surface area (Å²) in [6.45, 7) is 0. The minimum atomic E-state index is 0.218. The van der Waals surface area contributed by atoms with Crippen LogP contribution < -0.4 is 11.3 Å². The second-order valence-electron chi connectivity index (χ2n) is 5.98. The first-order valence-corrected chi connectivity index (χ1v) is 7.50. The molecule has 0 spiro atoms. The molecule has 2 bridgehead atoms. The van der Waals surface area contributed by atoms with Crippen LogP contribution in [0.2, 0.25) is 5.02 Å². The highest BCUT2D eigenvalue weighted by Gasteiger charge is 2.41. The maximum Gasteiger partial charge on any atom is 0.0489 e. The molecular formula is C15H22ClN3. The van der Waals surface area contributed by atoms with Crippen molar-refractivity contribution in [3.8, 4) is 0 Å². The third-order valence-electron chi connectivity index (χ3n) is 4.99. The van der Waals surface area contributed by atoms with Gasteiger partial charge in [-0.15, -0.1) is 0 Å². The van der Waals surface area contributed by atoms with Gasteiger partial charge >= 0.3 is 0 Å². The molecule has 19 heavy (non-hydrogen) atoms. The molecule has 2 aliphatic rings. The van der Waals surface area contributed by atoms with Gasteiger partial charge in [0, 0.05) is 23.1 Å². The number of nitrogens with one attached hydrogen (secondary N) is 1. The zero-order chi connectivity index (χ0) is 13.4. The summed E-state index contributed by atoms with van der Waals surface area (Å²) in [6.07, 6.45) is 5.14. The molecule has 4 heteroatoms. The average molecular weight is 280 g/mol. The Morgan fingerprint density at radius 1 is 1.32 bits per heavy atom. The first-order chi connectivity index (χ1) is 9.19. The fourth-order valence-corrected chi connectivity index (χ4v) is 4.13. The Balaban J connectivity index is 1.80. The Morgan fingerprint density at radius 3 is 2.58 bits per heavy atom.